The fourth-order valence-corrected chi connectivity index (χ4v) is 5.53. The number of imide groups is 1. The minimum absolute atomic E-state index is 0.248. The fraction of sp³-hybridized carbons (Fsp3) is 0.214. The Balaban J connectivity index is 1.37. The van der Waals surface area contributed by atoms with Gasteiger partial charge in [0.2, 0.25) is 5.91 Å². The van der Waals surface area contributed by atoms with E-state index in [4.69, 9.17) is 0 Å². The van der Waals surface area contributed by atoms with Crippen LogP contribution in [0.2, 0.25) is 0 Å². The van der Waals surface area contributed by atoms with Gasteiger partial charge in [-0.1, -0.05) is 23.8 Å². The van der Waals surface area contributed by atoms with Crippen molar-refractivity contribution in [3.05, 3.63) is 89.0 Å². The van der Waals surface area contributed by atoms with Gasteiger partial charge < -0.3 is 10.2 Å². The third-order valence-corrected chi connectivity index (χ3v) is 8.14. The predicted molar refractivity (Wildman–Crippen MR) is 145 cm³/mol. The number of amides is 4. The van der Waals surface area contributed by atoms with Gasteiger partial charge >= 0.3 is 0 Å². The van der Waals surface area contributed by atoms with Crippen LogP contribution >= 0.6 is 23.5 Å². The molecule has 1 saturated heterocycles. The number of nitrogens with one attached hydrogen (secondary N) is 1. The van der Waals surface area contributed by atoms with Crippen molar-refractivity contribution < 1.29 is 19.2 Å². The Bertz CT molecular complexity index is 1410. The first-order valence-corrected chi connectivity index (χ1v) is 14.1. The van der Waals surface area contributed by atoms with Crippen LogP contribution in [0.15, 0.2) is 76.5 Å². The Kier molecular flexibility index (Phi) is 6.83. The lowest BCUT2D eigenvalue weighted by molar-refractivity contribution is -0.133. The zero-order valence-electron chi connectivity index (χ0n) is 20.6. The van der Waals surface area contributed by atoms with Gasteiger partial charge in [-0.15, -0.1) is 23.5 Å². The second kappa shape index (κ2) is 10.1. The number of hydrogen-bond donors (Lipinski definition) is 1. The smallest absolute Gasteiger partial charge is 0.262 e. The lowest BCUT2D eigenvalue weighted by atomic mass is 9.87. The van der Waals surface area contributed by atoms with Crippen LogP contribution < -0.4 is 10.2 Å². The van der Waals surface area contributed by atoms with Gasteiger partial charge in [0.15, 0.2) is 0 Å². The summed E-state index contributed by atoms with van der Waals surface area (Å²) in [4.78, 5) is 56.7. The Morgan fingerprint density at radius 3 is 2.05 bits per heavy atom. The van der Waals surface area contributed by atoms with Gasteiger partial charge in [-0.05, 0) is 73.5 Å². The molecule has 3 aromatic rings. The number of thioether (sulfide) groups is 2. The van der Waals surface area contributed by atoms with E-state index in [0.29, 0.717) is 5.56 Å². The summed E-state index contributed by atoms with van der Waals surface area (Å²) in [6.45, 7) is 1.39. The van der Waals surface area contributed by atoms with Gasteiger partial charge in [0.25, 0.3) is 17.7 Å². The van der Waals surface area contributed by atoms with Crippen molar-refractivity contribution in [1.29, 1.82) is 0 Å². The number of hydrogen-bond acceptors (Lipinski definition) is 6. The molecule has 2 unspecified atom stereocenters. The zero-order chi connectivity index (χ0) is 26.3. The van der Waals surface area contributed by atoms with Gasteiger partial charge in [-0.3, -0.25) is 24.1 Å². The molecule has 2 aliphatic heterocycles. The molecule has 188 valence electrons. The monoisotopic (exact) mass is 531 g/mol. The van der Waals surface area contributed by atoms with Gasteiger partial charge in [0.05, 0.1) is 17.2 Å². The molecule has 0 bridgehead atoms. The predicted octanol–water partition coefficient (Wildman–Crippen LogP) is 4.31. The van der Waals surface area contributed by atoms with E-state index in [-0.39, 0.29) is 11.5 Å². The molecule has 0 spiro atoms. The molecule has 2 heterocycles. The Morgan fingerprint density at radius 2 is 1.43 bits per heavy atom. The number of fused-ring (bicyclic) bond motifs is 1. The Labute approximate surface area is 223 Å². The summed E-state index contributed by atoms with van der Waals surface area (Å²) in [5.74, 6) is -1.82. The number of β-lactam (4-membered cyclic amide) rings is 1. The highest BCUT2D eigenvalue weighted by atomic mass is 32.2. The minimum atomic E-state index is -0.815. The molecule has 1 N–H and O–H groups in total. The SMILES string of the molecule is CSc1ccc(C2C(NC(=O)CN3C(=O)c4ccc(C)cc4C3=O)C(=O)N2c2ccc(SC)cc2)cc1. The summed E-state index contributed by atoms with van der Waals surface area (Å²) in [6, 6.07) is 19.4. The first-order valence-electron chi connectivity index (χ1n) is 11.7. The van der Waals surface area contributed by atoms with Gasteiger partial charge in [0, 0.05) is 15.5 Å². The molecule has 3 aromatic carbocycles. The molecule has 5 rings (SSSR count). The third-order valence-electron chi connectivity index (χ3n) is 6.65. The molecule has 2 atom stereocenters. The summed E-state index contributed by atoms with van der Waals surface area (Å²) >= 11 is 3.23. The number of carbonyl (C=O) groups is 4. The van der Waals surface area contributed by atoms with Crippen molar-refractivity contribution in [2.45, 2.75) is 28.8 Å². The normalized spacial score (nSPS) is 18.6. The van der Waals surface area contributed by atoms with Gasteiger partial charge in [-0.2, -0.15) is 0 Å². The van der Waals surface area contributed by atoms with E-state index in [1.54, 1.807) is 46.6 Å². The number of rotatable bonds is 7. The van der Waals surface area contributed by atoms with E-state index >= 15 is 0 Å². The molecule has 37 heavy (non-hydrogen) atoms. The van der Waals surface area contributed by atoms with E-state index in [1.807, 2.05) is 68.0 Å². The van der Waals surface area contributed by atoms with Crippen LogP contribution in [0.25, 0.3) is 0 Å². The Hall–Kier alpha value is -3.56. The first-order chi connectivity index (χ1) is 17.8. The number of benzene rings is 3. The van der Waals surface area contributed by atoms with Crippen LogP contribution in [0.1, 0.15) is 37.9 Å². The van der Waals surface area contributed by atoms with E-state index in [9.17, 15) is 19.2 Å². The molecule has 2 aliphatic rings. The second-order valence-corrected chi connectivity index (χ2v) is 10.7. The highest BCUT2D eigenvalue weighted by Gasteiger charge is 2.50. The second-order valence-electron chi connectivity index (χ2n) is 8.91. The van der Waals surface area contributed by atoms with Crippen molar-refractivity contribution in [2.24, 2.45) is 0 Å². The zero-order valence-corrected chi connectivity index (χ0v) is 22.2. The average Bonchev–Trinajstić information content (AvgIpc) is 3.14. The maximum Gasteiger partial charge on any atom is 0.262 e. The lowest BCUT2D eigenvalue weighted by Crippen LogP contribution is -2.66. The van der Waals surface area contributed by atoms with Crippen LogP contribution in [0.5, 0.6) is 0 Å². The lowest BCUT2D eigenvalue weighted by Gasteiger charge is -2.47. The summed E-state index contributed by atoms with van der Waals surface area (Å²) in [5.41, 5.74) is 3.06. The third kappa shape index (κ3) is 4.53. The van der Waals surface area contributed by atoms with Crippen molar-refractivity contribution in [3.63, 3.8) is 0 Å². The summed E-state index contributed by atoms with van der Waals surface area (Å²) < 4.78 is 0. The number of anilines is 1. The van der Waals surface area contributed by atoms with Crippen molar-refractivity contribution in [2.75, 3.05) is 24.0 Å². The highest BCUT2D eigenvalue weighted by Crippen LogP contribution is 2.40. The van der Waals surface area contributed by atoms with Gasteiger partial charge in [-0.25, -0.2) is 0 Å². The molecule has 0 aliphatic carbocycles. The molecule has 0 radical (unpaired) electrons. The molecular weight excluding hydrogens is 506 g/mol. The molecule has 1 fully saturated rings. The van der Waals surface area contributed by atoms with Crippen LogP contribution in [0.4, 0.5) is 5.69 Å². The van der Waals surface area contributed by atoms with Crippen molar-refractivity contribution in [1.82, 2.24) is 10.2 Å². The number of nitrogens with zero attached hydrogens (tertiary/aromatic N) is 2. The van der Waals surface area contributed by atoms with Gasteiger partial charge in [0.1, 0.15) is 12.6 Å². The molecular formula is C28H25N3O4S2. The van der Waals surface area contributed by atoms with Crippen LogP contribution in [0, 0.1) is 6.92 Å². The van der Waals surface area contributed by atoms with Crippen molar-refractivity contribution in [3.8, 4) is 0 Å². The summed E-state index contributed by atoms with van der Waals surface area (Å²) in [5, 5.41) is 2.79. The molecule has 0 saturated carbocycles. The summed E-state index contributed by atoms with van der Waals surface area (Å²) in [6.07, 6.45) is 3.98. The summed E-state index contributed by atoms with van der Waals surface area (Å²) in [7, 11) is 0. The van der Waals surface area contributed by atoms with Crippen LogP contribution in [-0.2, 0) is 9.59 Å². The largest absolute Gasteiger partial charge is 0.341 e. The fourth-order valence-electron chi connectivity index (χ4n) is 4.71. The minimum Gasteiger partial charge on any atom is -0.341 e. The topological polar surface area (TPSA) is 86.8 Å². The van der Waals surface area contributed by atoms with E-state index in [2.05, 4.69) is 5.32 Å². The van der Waals surface area contributed by atoms with E-state index in [0.717, 1.165) is 31.5 Å². The maximum absolute atomic E-state index is 13.3. The quantitative estimate of drug-likeness (QED) is 0.278. The Morgan fingerprint density at radius 1 is 0.838 bits per heavy atom. The molecule has 4 amide bonds. The standard InChI is InChI=1S/C28H25N3O4S2/c1-16-4-13-21-22(14-16)27(34)30(26(21)33)15-23(32)29-24-25(17-5-9-19(36-2)10-6-17)31(28(24)35)18-7-11-20(37-3)12-8-18/h4-14,24-25H,15H2,1-3H3,(H,29,32). The van der Waals surface area contributed by atoms with E-state index < -0.39 is 36.3 Å². The van der Waals surface area contributed by atoms with Crippen molar-refractivity contribution >= 4 is 52.8 Å². The number of carbonyl (C=O) groups excluding carboxylic acids is 4. The van der Waals surface area contributed by atoms with E-state index in [1.165, 1.54) is 0 Å². The van der Waals surface area contributed by atoms with Crippen LogP contribution in [-0.4, -0.2) is 53.6 Å². The first kappa shape index (κ1) is 25.1. The maximum atomic E-state index is 13.3. The molecule has 0 aromatic heterocycles. The highest BCUT2D eigenvalue weighted by molar-refractivity contribution is 7.98. The molecule has 9 heteroatoms. The van der Waals surface area contributed by atoms with Crippen LogP contribution in [0.3, 0.4) is 0 Å². The average molecular weight is 532 g/mol. The molecule has 7 nitrogen and oxygen atoms in total. The number of aryl methyl sites for hydroxylation is 1.